The fraction of sp³-hybridized carbons (Fsp3) is 0.286. The number of hydrogen-bond donors (Lipinski definition) is 1. The van der Waals surface area contributed by atoms with E-state index in [1.54, 1.807) is 24.3 Å². The van der Waals surface area contributed by atoms with Gasteiger partial charge in [0.05, 0.1) is 10.7 Å². The molecule has 0 radical (unpaired) electrons. The second kappa shape index (κ2) is 9.27. The minimum Gasteiger partial charge on any atom is -0.368 e. The zero-order valence-electron chi connectivity index (χ0n) is 15.3. The molecule has 0 aliphatic carbocycles. The number of nitrogens with zero attached hydrogens (tertiary/aromatic N) is 2. The number of piperazine rings is 1. The SMILES string of the molecule is CCN1CCN(c2ccc(NC(=O)/C=C/c3ccc(Cl)cc3)cc2Cl)CC1. The van der Waals surface area contributed by atoms with E-state index < -0.39 is 0 Å². The van der Waals surface area contributed by atoms with Gasteiger partial charge in [-0.1, -0.05) is 42.3 Å². The van der Waals surface area contributed by atoms with Gasteiger partial charge in [0.2, 0.25) is 5.91 Å². The summed E-state index contributed by atoms with van der Waals surface area (Å²) in [7, 11) is 0. The molecule has 0 aromatic heterocycles. The van der Waals surface area contributed by atoms with Crippen molar-refractivity contribution in [3.63, 3.8) is 0 Å². The van der Waals surface area contributed by atoms with Crippen LogP contribution in [-0.2, 0) is 4.79 Å². The number of anilines is 2. The first-order valence-electron chi connectivity index (χ1n) is 9.06. The summed E-state index contributed by atoms with van der Waals surface area (Å²) >= 11 is 12.3. The first-order valence-corrected chi connectivity index (χ1v) is 9.82. The Morgan fingerprint density at radius 2 is 1.78 bits per heavy atom. The highest BCUT2D eigenvalue weighted by Crippen LogP contribution is 2.29. The molecule has 3 rings (SSSR count). The highest BCUT2D eigenvalue weighted by Gasteiger charge is 2.18. The lowest BCUT2D eigenvalue weighted by molar-refractivity contribution is -0.111. The normalized spacial score (nSPS) is 15.3. The molecule has 1 heterocycles. The maximum Gasteiger partial charge on any atom is 0.248 e. The lowest BCUT2D eigenvalue weighted by Gasteiger charge is -2.36. The second-order valence-corrected chi connectivity index (χ2v) is 7.31. The summed E-state index contributed by atoms with van der Waals surface area (Å²) in [5.41, 5.74) is 2.61. The van der Waals surface area contributed by atoms with Gasteiger partial charge in [0, 0.05) is 43.0 Å². The van der Waals surface area contributed by atoms with E-state index in [-0.39, 0.29) is 5.91 Å². The molecule has 0 atom stereocenters. The third kappa shape index (κ3) is 5.48. The predicted octanol–water partition coefficient (Wildman–Crippen LogP) is 4.79. The van der Waals surface area contributed by atoms with E-state index >= 15 is 0 Å². The zero-order valence-corrected chi connectivity index (χ0v) is 16.8. The molecule has 0 bridgehead atoms. The molecular formula is C21H23Cl2N3O. The van der Waals surface area contributed by atoms with Crippen LogP contribution in [0.2, 0.25) is 10.0 Å². The van der Waals surface area contributed by atoms with Crippen molar-refractivity contribution in [3.05, 3.63) is 64.1 Å². The lowest BCUT2D eigenvalue weighted by atomic mass is 10.2. The molecule has 4 nitrogen and oxygen atoms in total. The Balaban J connectivity index is 1.60. The third-order valence-electron chi connectivity index (χ3n) is 4.67. The smallest absolute Gasteiger partial charge is 0.248 e. The average molecular weight is 404 g/mol. The summed E-state index contributed by atoms with van der Waals surface area (Å²) in [4.78, 5) is 16.9. The minimum atomic E-state index is -0.203. The van der Waals surface area contributed by atoms with Crippen LogP contribution >= 0.6 is 23.2 Å². The van der Waals surface area contributed by atoms with E-state index in [1.165, 1.54) is 6.08 Å². The van der Waals surface area contributed by atoms with Gasteiger partial charge in [-0.25, -0.2) is 0 Å². The fourth-order valence-corrected chi connectivity index (χ4v) is 3.50. The van der Waals surface area contributed by atoms with Gasteiger partial charge in [-0.05, 0) is 48.5 Å². The van der Waals surface area contributed by atoms with Gasteiger partial charge in [0.15, 0.2) is 0 Å². The first kappa shape index (κ1) is 19.7. The first-order chi connectivity index (χ1) is 13.0. The summed E-state index contributed by atoms with van der Waals surface area (Å²) in [5.74, 6) is -0.203. The molecule has 27 heavy (non-hydrogen) atoms. The van der Waals surface area contributed by atoms with Gasteiger partial charge >= 0.3 is 0 Å². The molecule has 0 saturated carbocycles. The van der Waals surface area contributed by atoms with Crippen LogP contribution in [0.1, 0.15) is 12.5 Å². The summed E-state index contributed by atoms with van der Waals surface area (Å²) in [6.07, 6.45) is 3.24. The molecule has 1 N–H and O–H groups in total. The van der Waals surface area contributed by atoms with Crippen LogP contribution in [0.4, 0.5) is 11.4 Å². The number of rotatable bonds is 5. The van der Waals surface area contributed by atoms with E-state index in [2.05, 4.69) is 22.0 Å². The number of halogens is 2. The minimum absolute atomic E-state index is 0.203. The van der Waals surface area contributed by atoms with Crippen molar-refractivity contribution in [3.8, 4) is 0 Å². The standard InChI is InChI=1S/C21H23Cl2N3O/c1-2-25-11-13-26(14-12-25)20-9-8-18(15-19(20)23)24-21(27)10-5-16-3-6-17(22)7-4-16/h3-10,15H,2,11-14H2,1H3,(H,24,27)/b10-5+. The molecular weight excluding hydrogens is 381 g/mol. The molecule has 1 aliphatic rings. The van der Waals surface area contributed by atoms with Crippen LogP contribution in [0.15, 0.2) is 48.5 Å². The van der Waals surface area contributed by atoms with Crippen molar-refractivity contribution in [2.45, 2.75) is 6.92 Å². The van der Waals surface area contributed by atoms with Crippen molar-refractivity contribution in [1.82, 2.24) is 4.90 Å². The van der Waals surface area contributed by atoms with Crippen molar-refractivity contribution in [2.75, 3.05) is 42.9 Å². The summed E-state index contributed by atoms with van der Waals surface area (Å²) in [6, 6.07) is 13.0. The molecule has 1 amide bonds. The molecule has 6 heteroatoms. The van der Waals surface area contributed by atoms with Crippen molar-refractivity contribution in [2.24, 2.45) is 0 Å². The maximum absolute atomic E-state index is 12.1. The monoisotopic (exact) mass is 403 g/mol. The lowest BCUT2D eigenvalue weighted by Crippen LogP contribution is -2.46. The Bertz CT molecular complexity index is 813. The maximum atomic E-state index is 12.1. The summed E-state index contributed by atoms with van der Waals surface area (Å²) < 4.78 is 0. The summed E-state index contributed by atoms with van der Waals surface area (Å²) in [6.45, 7) is 7.27. The Hall–Kier alpha value is -2.01. The van der Waals surface area contributed by atoms with E-state index in [9.17, 15) is 4.79 Å². The zero-order chi connectivity index (χ0) is 19.2. The fourth-order valence-electron chi connectivity index (χ4n) is 3.08. The van der Waals surface area contributed by atoms with Gasteiger partial charge in [-0.2, -0.15) is 0 Å². The van der Waals surface area contributed by atoms with Crippen molar-refractivity contribution < 1.29 is 4.79 Å². The number of amides is 1. The Morgan fingerprint density at radius 1 is 1.07 bits per heavy atom. The number of carbonyl (C=O) groups excluding carboxylic acids is 1. The van der Waals surface area contributed by atoms with Gasteiger partial charge in [0.1, 0.15) is 0 Å². The molecule has 1 saturated heterocycles. The second-order valence-electron chi connectivity index (χ2n) is 6.46. The molecule has 2 aromatic rings. The van der Waals surface area contributed by atoms with Crippen LogP contribution < -0.4 is 10.2 Å². The number of likely N-dealkylation sites (N-methyl/N-ethyl adjacent to an activating group) is 1. The van der Waals surface area contributed by atoms with Crippen LogP contribution in [0.3, 0.4) is 0 Å². The van der Waals surface area contributed by atoms with E-state index in [4.69, 9.17) is 23.2 Å². The number of carbonyl (C=O) groups is 1. The van der Waals surface area contributed by atoms with Gasteiger partial charge in [0.25, 0.3) is 0 Å². The van der Waals surface area contributed by atoms with Crippen LogP contribution in [0.25, 0.3) is 6.08 Å². The van der Waals surface area contributed by atoms with Crippen molar-refractivity contribution >= 4 is 46.6 Å². The molecule has 142 valence electrons. The molecule has 1 aliphatic heterocycles. The predicted molar refractivity (Wildman–Crippen MR) is 115 cm³/mol. The Labute approximate surface area is 170 Å². The van der Waals surface area contributed by atoms with E-state index in [0.29, 0.717) is 15.7 Å². The Morgan fingerprint density at radius 3 is 2.41 bits per heavy atom. The topological polar surface area (TPSA) is 35.6 Å². The highest BCUT2D eigenvalue weighted by atomic mass is 35.5. The average Bonchev–Trinajstić information content (AvgIpc) is 2.68. The number of nitrogens with one attached hydrogen (secondary N) is 1. The van der Waals surface area contributed by atoms with Crippen molar-refractivity contribution in [1.29, 1.82) is 0 Å². The quantitative estimate of drug-likeness (QED) is 0.728. The van der Waals surface area contributed by atoms with E-state index in [0.717, 1.165) is 44.0 Å². The van der Waals surface area contributed by atoms with E-state index in [1.807, 2.05) is 24.3 Å². The molecule has 1 fully saturated rings. The highest BCUT2D eigenvalue weighted by molar-refractivity contribution is 6.33. The van der Waals surface area contributed by atoms with Crippen LogP contribution in [0, 0.1) is 0 Å². The van der Waals surface area contributed by atoms with Gasteiger partial charge < -0.3 is 15.1 Å². The Kier molecular flexibility index (Phi) is 6.78. The molecule has 2 aromatic carbocycles. The number of hydrogen-bond acceptors (Lipinski definition) is 3. The largest absolute Gasteiger partial charge is 0.368 e. The van der Waals surface area contributed by atoms with Gasteiger partial charge in [-0.3, -0.25) is 4.79 Å². The summed E-state index contributed by atoms with van der Waals surface area (Å²) in [5, 5.41) is 4.17. The number of benzene rings is 2. The van der Waals surface area contributed by atoms with Crippen LogP contribution in [-0.4, -0.2) is 43.5 Å². The van der Waals surface area contributed by atoms with Crippen LogP contribution in [0.5, 0.6) is 0 Å². The third-order valence-corrected chi connectivity index (χ3v) is 5.23. The molecule has 0 unspecified atom stereocenters. The molecule has 0 spiro atoms. The van der Waals surface area contributed by atoms with Gasteiger partial charge in [-0.15, -0.1) is 0 Å².